The van der Waals surface area contributed by atoms with Gasteiger partial charge in [0.2, 0.25) is 0 Å². The average molecular weight is 309 g/mol. The van der Waals surface area contributed by atoms with Crippen LogP contribution in [0.15, 0.2) is 0 Å². The first-order chi connectivity index (χ1) is 9.87. The first-order valence-corrected chi connectivity index (χ1v) is 7.77. The number of hydrogen-bond acceptors (Lipinski definition) is 7. The molecule has 112 valence electrons. The standard InChI is InChI=1S/C13H16N3O4P/c1-4-19-21(18,20-5-2)13-11(16)9(6-14)8(3)10(7-15)12(13)17/h17H,4-5,16H2,1-3H3. The summed E-state index contributed by atoms with van der Waals surface area (Å²) in [5.41, 5.74) is 5.67. The lowest BCUT2D eigenvalue weighted by Crippen LogP contribution is -2.19. The van der Waals surface area contributed by atoms with Gasteiger partial charge in [-0.15, -0.1) is 0 Å². The fourth-order valence-electron chi connectivity index (χ4n) is 1.93. The third-order valence-electron chi connectivity index (χ3n) is 2.83. The van der Waals surface area contributed by atoms with Crippen LogP contribution in [0.2, 0.25) is 0 Å². The summed E-state index contributed by atoms with van der Waals surface area (Å²) in [7, 11) is -3.92. The molecule has 3 N–H and O–H groups in total. The molecule has 0 atom stereocenters. The third-order valence-corrected chi connectivity index (χ3v) is 5.03. The van der Waals surface area contributed by atoms with Gasteiger partial charge in [-0.2, -0.15) is 10.5 Å². The van der Waals surface area contributed by atoms with Crippen LogP contribution in [0.4, 0.5) is 5.69 Å². The molecule has 0 aromatic heterocycles. The zero-order valence-electron chi connectivity index (χ0n) is 12.0. The van der Waals surface area contributed by atoms with Gasteiger partial charge in [0.15, 0.2) is 5.75 Å². The van der Waals surface area contributed by atoms with Crippen molar-refractivity contribution in [2.75, 3.05) is 18.9 Å². The summed E-state index contributed by atoms with van der Waals surface area (Å²) < 4.78 is 23.1. The molecular formula is C13H16N3O4P. The molecule has 0 aliphatic rings. The topological polar surface area (TPSA) is 129 Å². The molecule has 8 heteroatoms. The predicted molar refractivity (Wildman–Crippen MR) is 77.2 cm³/mol. The number of phenolic OH excluding ortho intramolecular Hbond substituents is 1. The molecule has 1 aromatic rings. The number of benzene rings is 1. The first kappa shape index (κ1) is 17.0. The van der Waals surface area contributed by atoms with Crippen LogP contribution in [0.5, 0.6) is 5.75 Å². The highest BCUT2D eigenvalue weighted by atomic mass is 31.2. The lowest BCUT2D eigenvalue weighted by Gasteiger charge is -2.21. The summed E-state index contributed by atoms with van der Waals surface area (Å²) in [6.45, 7) is 4.78. The maximum Gasteiger partial charge on any atom is 0.367 e. The van der Waals surface area contributed by atoms with Crippen LogP contribution in [0.3, 0.4) is 0 Å². The summed E-state index contributed by atoms with van der Waals surface area (Å²) in [4.78, 5) is 0. The number of rotatable bonds is 5. The number of anilines is 1. The molecule has 0 radical (unpaired) electrons. The molecule has 0 aliphatic heterocycles. The Morgan fingerprint density at radius 2 is 1.67 bits per heavy atom. The molecule has 0 heterocycles. The van der Waals surface area contributed by atoms with E-state index < -0.39 is 13.3 Å². The van der Waals surface area contributed by atoms with Gasteiger partial charge >= 0.3 is 7.60 Å². The Morgan fingerprint density at radius 3 is 2.05 bits per heavy atom. The number of aromatic hydroxyl groups is 1. The van der Waals surface area contributed by atoms with E-state index in [-0.39, 0.29) is 40.9 Å². The van der Waals surface area contributed by atoms with Gasteiger partial charge in [0.05, 0.1) is 30.0 Å². The van der Waals surface area contributed by atoms with Crippen LogP contribution in [-0.4, -0.2) is 18.3 Å². The maximum absolute atomic E-state index is 12.8. The Bertz CT molecular complexity index is 637. The van der Waals surface area contributed by atoms with Gasteiger partial charge in [0.1, 0.15) is 17.4 Å². The molecule has 0 fully saturated rings. The van der Waals surface area contributed by atoms with E-state index in [0.29, 0.717) is 0 Å². The molecule has 0 saturated carbocycles. The summed E-state index contributed by atoms with van der Waals surface area (Å²) >= 11 is 0. The quantitative estimate of drug-likeness (QED) is 0.627. The van der Waals surface area contributed by atoms with E-state index >= 15 is 0 Å². The van der Waals surface area contributed by atoms with Crippen molar-refractivity contribution in [1.82, 2.24) is 0 Å². The predicted octanol–water partition coefficient (Wildman–Crippen LogP) is 1.92. The van der Waals surface area contributed by atoms with Crippen LogP contribution >= 0.6 is 7.60 Å². The van der Waals surface area contributed by atoms with Gasteiger partial charge in [-0.3, -0.25) is 4.57 Å². The molecular weight excluding hydrogens is 293 g/mol. The second-order valence-electron chi connectivity index (χ2n) is 4.04. The van der Waals surface area contributed by atoms with Crippen molar-refractivity contribution in [1.29, 1.82) is 10.5 Å². The molecule has 0 aliphatic carbocycles. The maximum atomic E-state index is 12.8. The molecule has 7 nitrogen and oxygen atoms in total. The zero-order chi connectivity index (χ0) is 16.2. The molecule has 0 amide bonds. The summed E-state index contributed by atoms with van der Waals surface area (Å²) in [5, 5.41) is 28.2. The Balaban J connectivity index is 3.83. The molecule has 0 bridgehead atoms. The van der Waals surface area contributed by atoms with E-state index in [1.54, 1.807) is 19.9 Å². The minimum absolute atomic E-state index is 0.0287. The van der Waals surface area contributed by atoms with Crippen molar-refractivity contribution in [2.45, 2.75) is 20.8 Å². The van der Waals surface area contributed by atoms with Crippen LogP contribution in [0, 0.1) is 29.6 Å². The number of nitrogens with zero attached hydrogens (tertiary/aromatic N) is 2. The lowest BCUT2D eigenvalue weighted by molar-refractivity contribution is 0.229. The highest BCUT2D eigenvalue weighted by Crippen LogP contribution is 2.52. The molecule has 1 aromatic carbocycles. The van der Waals surface area contributed by atoms with Gasteiger partial charge in [-0.1, -0.05) is 0 Å². The molecule has 0 saturated heterocycles. The highest BCUT2D eigenvalue weighted by Gasteiger charge is 2.36. The van der Waals surface area contributed by atoms with Crippen LogP contribution in [-0.2, 0) is 13.6 Å². The van der Waals surface area contributed by atoms with Crippen molar-refractivity contribution in [2.24, 2.45) is 0 Å². The smallest absolute Gasteiger partial charge is 0.367 e. The van der Waals surface area contributed by atoms with Gasteiger partial charge in [-0.25, -0.2) is 0 Å². The number of nitriles is 2. The normalized spacial score (nSPS) is 10.9. The summed E-state index contributed by atoms with van der Waals surface area (Å²) in [6, 6.07) is 3.62. The Morgan fingerprint density at radius 1 is 1.19 bits per heavy atom. The van der Waals surface area contributed by atoms with E-state index in [4.69, 9.17) is 25.3 Å². The SMILES string of the molecule is CCOP(=O)(OCC)c1c(N)c(C#N)c(C)c(C#N)c1O. The fourth-order valence-corrected chi connectivity index (χ4v) is 3.72. The van der Waals surface area contributed by atoms with E-state index in [2.05, 4.69) is 0 Å². The summed E-state index contributed by atoms with van der Waals surface area (Å²) in [6.07, 6.45) is 0. The van der Waals surface area contributed by atoms with Crippen molar-refractivity contribution in [3.63, 3.8) is 0 Å². The van der Waals surface area contributed by atoms with Gasteiger partial charge in [0.25, 0.3) is 0 Å². The minimum Gasteiger partial charge on any atom is -0.505 e. The van der Waals surface area contributed by atoms with E-state index in [1.165, 1.54) is 6.92 Å². The number of phenols is 1. The largest absolute Gasteiger partial charge is 0.505 e. The number of nitrogens with two attached hydrogens (primary N) is 1. The summed E-state index contributed by atoms with van der Waals surface area (Å²) in [5.74, 6) is -0.572. The van der Waals surface area contributed by atoms with E-state index in [0.717, 1.165) is 0 Å². The van der Waals surface area contributed by atoms with Crippen LogP contribution in [0.25, 0.3) is 0 Å². The van der Waals surface area contributed by atoms with Crippen LogP contribution in [0.1, 0.15) is 30.5 Å². The fraction of sp³-hybridized carbons (Fsp3) is 0.385. The average Bonchev–Trinajstić information content (AvgIpc) is 2.39. The minimum atomic E-state index is -3.92. The monoisotopic (exact) mass is 309 g/mol. The van der Waals surface area contributed by atoms with Crippen molar-refractivity contribution >= 4 is 18.6 Å². The number of hydrogen-bond donors (Lipinski definition) is 2. The van der Waals surface area contributed by atoms with E-state index in [1.807, 2.05) is 6.07 Å². The van der Waals surface area contributed by atoms with Gasteiger partial charge in [0, 0.05) is 0 Å². The zero-order valence-corrected chi connectivity index (χ0v) is 12.9. The Labute approximate surface area is 123 Å². The molecule has 21 heavy (non-hydrogen) atoms. The highest BCUT2D eigenvalue weighted by molar-refractivity contribution is 7.62. The lowest BCUT2D eigenvalue weighted by atomic mass is 10.0. The van der Waals surface area contributed by atoms with Crippen LogP contribution < -0.4 is 11.0 Å². The Kier molecular flexibility index (Phi) is 5.34. The third kappa shape index (κ3) is 2.86. The van der Waals surface area contributed by atoms with Gasteiger partial charge < -0.3 is 19.9 Å². The number of nitrogen functional groups attached to an aromatic ring is 1. The van der Waals surface area contributed by atoms with E-state index in [9.17, 15) is 9.67 Å². The first-order valence-electron chi connectivity index (χ1n) is 6.22. The second-order valence-corrected chi connectivity index (χ2v) is 6.00. The second kappa shape index (κ2) is 6.60. The van der Waals surface area contributed by atoms with Crippen molar-refractivity contribution in [3.05, 3.63) is 16.7 Å². The Hall–Kier alpha value is -2.05. The van der Waals surface area contributed by atoms with Gasteiger partial charge in [-0.05, 0) is 26.3 Å². The molecule has 0 unspecified atom stereocenters. The van der Waals surface area contributed by atoms with Crippen molar-refractivity contribution < 1.29 is 18.7 Å². The molecule has 1 rings (SSSR count). The van der Waals surface area contributed by atoms with Crippen molar-refractivity contribution in [3.8, 4) is 17.9 Å². The molecule has 0 spiro atoms.